The number of H-pyrrole nitrogens is 1. The van der Waals surface area contributed by atoms with Crippen molar-refractivity contribution in [2.45, 2.75) is 26.8 Å². The van der Waals surface area contributed by atoms with Gasteiger partial charge in [-0.2, -0.15) is 0 Å². The summed E-state index contributed by atoms with van der Waals surface area (Å²) >= 11 is 0. The van der Waals surface area contributed by atoms with Gasteiger partial charge >= 0.3 is 0 Å². The minimum absolute atomic E-state index is 0.0944. The lowest BCUT2D eigenvalue weighted by Gasteiger charge is -2.20. The lowest BCUT2D eigenvalue weighted by atomic mass is 10.0. The summed E-state index contributed by atoms with van der Waals surface area (Å²) in [4.78, 5) is 20.4. The molecule has 0 aliphatic rings. The molecule has 3 rings (SSSR count). The van der Waals surface area contributed by atoms with Crippen molar-refractivity contribution >= 4 is 16.9 Å². The normalized spacial score (nSPS) is 12.2. The minimum atomic E-state index is -0.228. The molecule has 1 heterocycles. The third-order valence-electron chi connectivity index (χ3n) is 4.36. The van der Waals surface area contributed by atoms with Crippen LogP contribution in [0.4, 0.5) is 0 Å². The number of amides is 1. The van der Waals surface area contributed by atoms with Gasteiger partial charge in [0.25, 0.3) is 5.91 Å². The lowest BCUT2D eigenvalue weighted by molar-refractivity contribution is -0.124. The summed E-state index contributed by atoms with van der Waals surface area (Å²) in [7, 11) is 1.58. The van der Waals surface area contributed by atoms with E-state index in [0.717, 1.165) is 22.4 Å². The second-order valence-corrected chi connectivity index (χ2v) is 6.87. The summed E-state index contributed by atoms with van der Waals surface area (Å²) in [6.07, 6.45) is 0. The van der Waals surface area contributed by atoms with Crippen molar-refractivity contribution in [2.75, 3.05) is 13.7 Å². The second kappa shape index (κ2) is 8.12. The molecule has 0 radical (unpaired) electrons. The molecular formula is C21H25N3O3. The maximum Gasteiger partial charge on any atom is 0.258 e. The number of carbonyl (C=O) groups is 1. The number of para-hydroxylation sites is 2. The highest BCUT2D eigenvalue weighted by Gasteiger charge is 2.22. The van der Waals surface area contributed by atoms with Crippen LogP contribution in [0.15, 0.2) is 42.5 Å². The summed E-state index contributed by atoms with van der Waals surface area (Å²) in [5.74, 6) is 1.86. The van der Waals surface area contributed by atoms with E-state index in [1.807, 2.05) is 57.2 Å². The van der Waals surface area contributed by atoms with Crippen LogP contribution < -0.4 is 14.8 Å². The smallest absolute Gasteiger partial charge is 0.258 e. The third kappa shape index (κ3) is 4.39. The number of benzene rings is 2. The van der Waals surface area contributed by atoms with Gasteiger partial charge in [-0.05, 0) is 42.7 Å². The van der Waals surface area contributed by atoms with Crippen LogP contribution >= 0.6 is 0 Å². The Morgan fingerprint density at radius 1 is 1.19 bits per heavy atom. The number of carbonyl (C=O) groups excluding carboxylic acids is 1. The SMILES string of the molecule is COc1cc(C)ccc1OCC(=O)NC(c1nc2ccccc2[nH]1)C(C)C. The van der Waals surface area contributed by atoms with E-state index in [1.54, 1.807) is 13.2 Å². The van der Waals surface area contributed by atoms with E-state index in [1.165, 1.54) is 0 Å². The minimum Gasteiger partial charge on any atom is -0.493 e. The Kier molecular flexibility index (Phi) is 5.64. The molecule has 6 heteroatoms. The number of hydrogen-bond donors (Lipinski definition) is 2. The van der Waals surface area contributed by atoms with Gasteiger partial charge in [0.15, 0.2) is 18.1 Å². The standard InChI is InChI=1S/C21H25N3O3/c1-13(2)20(21-22-15-7-5-6-8-16(15)23-21)24-19(25)12-27-17-10-9-14(3)11-18(17)26-4/h5-11,13,20H,12H2,1-4H3,(H,22,23)(H,24,25). The van der Waals surface area contributed by atoms with E-state index in [0.29, 0.717) is 11.5 Å². The number of imidazole rings is 1. The zero-order chi connectivity index (χ0) is 19.4. The second-order valence-electron chi connectivity index (χ2n) is 6.87. The Morgan fingerprint density at radius 2 is 1.96 bits per heavy atom. The van der Waals surface area contributed by atoms with Gasteiger partial charge in [-0.15, -0.1) is 0 Å². The number of nitrogens with zero attached hydrogens (tertiary/aromatic N) is 1. The topological polar surface area (TPSA) is 76.2 Å². The number of methoxy groups -OCH3 is 1. The molecule has 142 valence electrons. The number of aryl methyl sites for hydroxylation is 1. The summed E-state index contributed by atoms with van der Waals surface area (Å²) < 4.78 is 11.0. The molecule has 0 saturated carbocycles. The molecule has 27 heavy (non-hydrogen) atoms. The Labute approximate surface area is 158 Å². The molecule has 6 nitrogen and oxygen atoms in total. The highest BCUT2D eigenvalue weighted by molar-refractivity contribution is 5.79. The number of aromatic nitrogens is 2. The molecule has 0 aliphatic heterocycles. The van der Waals surface area contributed by atoms with Crippen LogP contribution in [-0.4, -0.2) is 29.6 Å². The molecule has 1 atom stereocenters. The van der Waals surface area contributed by atoms with Crippen molar-refractivity contribution in [2.24, 2.45) is 5.92 Å². The highest BCUT2D eigenvalue weighted by atomic mass is 16.5. The average Bonchev–Trinajstić information content (AvgIpc) is 3.08. The first-order valence-electron chi connectivity index (χ1n) is 8.99. The van der Waals surface area contributed by atoms with Gasteiger partial charge < -0.3 is 19.8 Å². The molecule has 3 aromatic rings. The van der Waals surface area contributed by atoms with Crippen LogP contribution in [0.3, 0.4) is 0 Å². The predicted octanol–water partition coefficient (Wildman–Crippen LogP) is 3.77. The monoisotopic (exact) mass is 367 g/mol. The van der Waals surface area contributed by atoms with Crippen molar-refractivity contribution in [1.29, 1.82) is 0 Å². The van der Waals surface area contributed by atoms with Crippen molar-refractivity contribution in [3.63, 3.8) is 0 Å². The average molecular weight is 367 g/mol. The van der Waals surface area contributed by atoms with E-state index in [9.17, 15) is 4.79 Å². The molecule has 0 spiro atoms. The van der Waals surface area contributed by atoms with Crippen molar-refractivity contribution in [1.82, 2.24) is 15.3 Å². The van der Waals surface area contributed by atoms with Gasteiger partial charge in [0.1, 0.15) is 5.82 Å². The fourth-order valence-corrected chi connectivity index (χ4v) is 2.92. The Morgan fingerprint density at radius 3 is 2.67 bits per heavy atom. The predicted molar refractivity (Wildman–Crippen MR) is 105 cm³/mol. The van der Waals surface area contributed by atoms with Crippen molar-refractivity contribution < 1.29 is 14.3 Å². The summed E-state index contributed by atoms with van der Waals surface area (Å²) in [6.45, 7) is 5.96. The summed E-state index contributed by atoms with van der Waals surface area (Å²) in [5.41, 5.74) is 2.90. The van der Waals surface area contributed by atoms with Crippen LogP contribution in [0.1, 0.15) is 31.3 Å². The van der Waals surface area contributed by atoms with E-state index in [2.05, 4.69) is 15.3 Å². The van der Waals surface area contributed by atoms with Crippen molar-refractivity contribution in [3.05, 3.63) is 53.9 Å². The number of fused-ring (bicyclic) bond motifs is 1. The van der Waals surface area contributed by atoms with Crippen LogP contribution in [0.5, 0.6) is 11.5 Å². The van der Waals surface area contributed by atoms with E-state index >= 15 is 0 Å². The summed E-state index contributed by atoms with van der Waals surface area (Å²) in [5, 5.41) is 3.01. The molecule has 0 fully saturated rings. The maximum atomic E-state index is 12.5. The molecule has 0 saturated heterocycles. The largest absolute Gasteiger partial charge is 0.493 e. The van der Waals surface area contributed by atoms with E-state index in [-0.39, 0.29) is 24.5 Å². The molecule has 2 N–H and O–H groups in total. The molecule has 1 aromatic heterocycles. The molecule has 1 amide bonds. The molecule has 1 unspecified atom stereocenters. The lowest BCUT2D eigenvalue weighted by Crippen LogP contribution is -2.35. The Bertz CT molecular complexity index is 900. The quantitative estimate of drug-likeness (QED) is 0.666. The molecule has 0 aliphatic carbocycles. The molecule has 0 bridgehead atoms. The zero-order valence-corrected chi connectivity index (χ0v) is 16.1. The number of hydrogen-bond acceptors (Lipinski definition) is 4. The fourth-order valence-electron chi connectivity index (χ4n) is 2.92. The van der Waals surface area contributed by atoms with Crippen molar-refractivity contribution in [3.8, 4) is 11.5 Å². The van der Waals surface area contributed by atoms with Crippen LogP contribution in [0.25, 0.3) is 11.0 Å². The fraction of sp³-hybridized carbons (Fsp3) is 0.333. The first-order chi connectivity index (χ1) is 13.0. The Hall–Kier alpha value is -3.02. The van der Waals surface area contributed by atoms with Crippen LogP contribution in [0, 0.1) is 12.8 Å². The van der Waals surface area contributed by atoms with Gasteiger partial charge in [0.2, 0.25) is 0 Å². The Balaban J connectivity index is 1.69. The maximum absolute atomic E-state index is 12.5. The van der Waals surface area contributed by atoms with Crippen LogP contribution in [-0.2, 0) is 4.79 Å². The number of aromatic amines is 1. The van der Waals surface area contributed by atoms with E-state index in [4.69, 9.17) is 9.47 Å². The zero-order valence-electron chi connectivity index (χ0n) is 16.1. The van der Waals surface area contributed by atoms with Gasteiger partial charge in [-0.1, -0.05) is 32.0 Å². The number of nitrogens with one attached hydrogen (secondary N) is 2. The summed E-state index contributed by atoms with van der Waals surface area (Å²) in [6, 6.07) is 13.2. The molecular weight excluding hydrogens is 342 g/mol. The first-order valence-corrected chi connectivity index (χ1v) is 8.99. The third-order valence-corrected chi connectivity index (χ3v) is 4.36. The molecule has 2 aromatic carbocycles. The van der Waals surface area contributed by atoms with Gasteiger partial charge in [0, 0.05) is 0 Å². The van der Waals surface area contributed by atoms with Gasteiger partial charge in [-0.3, -0.25) is 4.79 Å². The van der Waals surface area contributed by atoms with E-state index < -0.39 is 0 Å². The van der Waals surface area contributed by atoms with Gasteiger partial charge in [0.05, 0.1) is 24.2 Å². The first kappa shape index (κ1) is 18.8. The number of ether oxygens (including phenoxy) is 2. The van der Waals surface area contributed by atoms with Crippen LogP contribution in [0.2, 0.25) is 0 Å². The number of rotatable bonds is 7. The highest BCUT2D eigenvalue weighted by Crippen LogP contribution is 2.28. The van der Waals surface area contributed by atoms with Gasteiger partial charge in [-0.25, -0.2) is 4.98 Å².